The molecule has 0 N–H and O–H groups in total. The molecule has 0 aliphatic carbocycles. The van der Waals surface area contributed by atoms with E-state index in [4.69, 9.17) is 4.74 Å². The van der Waals surface area contributed by atoms with E-state index in [1.807, 2.05) is 49.4 Å². The predicted octanol–water partition coefficient (Wildman–Crippen LogP) is 3.59. The summed E-state index contributed by atoms with van der Waals surface area (Å²) in [5.74, 6) is 0.121. The van der Waals surface area contributed by atoms with Crippen LogP contribution in [0.5, 0.6) is 0 Å². The van der Waals surface area contributed by atoms with Crippen molar-refractivity contribution in [3.8, 4) is 0 Å². The van der Waals surface area contributed by atoms with Gasteiger partial charge in [-0.05, 0) is 30.5 Å². The summed E-state index contributed by atoms with van der Waals surface area (Å²) in [6.07, 6.45) is 1.75. The molecule has 2 atom stereocenters. The maximum Gasteiger partial charge on any atom is 0.192 e. The second kappa shape index (κ2) is 4.54. The average Bonchev–Trinajstić information content (AvgIpc) is 2.84. The third-order valence-corrected chi connectivity index (χ3v) is 3.58. The van der Waals surface area contributed by atoms with Crippen molar-refractivity contribution in [1.29, 1.82) is 0 Å². The van der Waals surface area contributed by atoms with Gasteiger partial charge in [-0.15, -0.1) is 0 Å². The van der Waals surface area contributed by atoms with Crippen LogP contribution in [0.2, 0.25) is 0 Å². The fraction of sp³-hybridized carbons (Fsp3) is 0.312. The van der Waals surface area contributed by atoms with Gasteiger partial charge >= 0.3 is 0 Å². The van der Waals surface area contributed by atoms with Crippen LogP contribution < -0.4 is 0 Å². The van der Waals surface area contributed by atoms with Gasteiger partial charge in [-0.1, -0.05) is 42.5 Å². The molecule has 2 aromatic rings. The van der Waals surface area contributed by atoms with Crippen molar-refractivity contribution in [2.45, 2.75) is 32.0 Å². The van der Waals surface area contributed by atoms with E-state index in [1.54, 1.807) is 0 Å². The van der Waals surface area contributed by atoms with Crippen LogP contribution in [0, 0.1) is 0 Å². The molecule has 0 spiro atoms. The molecule has 1 fully saturated rings. The van der Waals surface area contributed by atoms with E-state index in [-0.39, 0.29) is 18.0 Å². The van der Waals surface area contributed by atoms with Crippen molar-refractivity contribution in [2.75, 3.05) is 0 Å². The van der Waals surface area contributed by atoms with Crippen LogP contribution in [0.1, 0.15) is 30.1 Å². The Hall–Kier alpha value is -1.67. The lowest BCUT2D eigenvalue weighted by Crippen LogP contribution is -2.21. The van der Waals surface area contributed by atoms with Gasteiger partial charge in [0.2, 0.25) is 0 Å². The molecule has 18 heavy (non-hydrogen) atoms. The lowest BCUT2D eigenvalue weighted by Gasteiger charge is -2.11. The molecule has 92 valence electrons. The zero-order chi connectivity index (χ0) is 12.5. The molecule has 1 heterocycles. The predicted molar refractivity (Wildman–Crippen MR) is 71.8 cm³/mol. The zero-order valence-corrected chi connectivity index (χ0v) is 10.4. The monoisotopic (exact) mass is 240 g/mol. The van der Waals surface area contributed by atoms with Crippen LogP contribution in [-0.2, 0) is 4.74 Å². The number of hydrogen-bond donors (Lipinski definition) is 0. The van der Waals surface area contributed by atoms with E-state index in [0.29, 0.717) is 0 Å². The van der Waals surface area contributed by atoms with Crippen molar-refractivity contribution in [3.05, 3.63) is 48.0 Å². The lowest BCUT2D eigenvalue weighted by atomic mass is 9.97. The summed E-state index contributed by atoms with van der Waals surface area (Å²) in [6, 6.07) is 13.9. The maximum atomic E-state index is 12.5. The molecule has 0 radical (unpaired) electrons. The van der Waals surface area contributed by atoms with Gasteiger partial charge < -0.3 is 4.74 Å². The van der Waals surface area contributed by atoms with Gasteiger partial charge in [0.1, 0.15) is 6.10 Å². The number of fused-ring (bicyclic) bond motifs is 1. The van der Waals surface area contributed by atoms with Gasteiger partial charge in [0, 0.05) is 5.56 Å². The number of Topliss-reactive ketones (excluding diaryl/α,β-unsaturated/α-hetero) is 1. The van der Waals surface area contributed by atoms with Crippen molar-refractivity contribution in [3.63, 3.8) is 0 Å². The first-order valence-corrected chi connectivity index (χ1v) is 6.43. The second-order valence-electron chi connectivity index (χ2n) is 4.90. The highest BCUT2D eigenvalue weighted by Gasteiger charge is 2.29. The first-order valence-electron chi connectivity index (χ1n) is 6.43. The molecular weight excluding hydrogens is 224 g/mol. The molecule has 0 amide bonds. The quantitative estimate of drug-likeness (QED) is 0.750. The molecule has 2 heteroatoms. The Morgan fingerprint density at radius 1 is 1.11 bits per heavy atom. The topological polar surface area (TPSA) is 26.3 Å². The van der Waals surface area contributed by atoms with E-state index in [0.717, 1.165) is 29.2 Å². The highest BCUT2D eigenvalue weighted by Crippen LogP contribution is 2.26. The normalized spacial score (nSPS) is 23.4. The molecule has 2 unspecified atom stereocenters. The smallest absolute Gasteiger partial charge is 0.192 e. The number of carbonyl (C=O) groups excluding carboxylic acids is 1. The molecule has 2 nitrogen and oxygen atoms in total. The number of ether oxygens (including phenoxy) is 1. The summed E-state index contributed by atoms with van der Waals surface area (Å²) < 4.78 is 5.68. The van der Waals surface area contributed by atoms with Crippen LogP contribution in [-0.4, -0.2) is 18.0 Å². The van der Waals surface area contributed by atoms with Gasteiger partial charge in [-0.3, -0.25) is 4.79 Å². The molecule has 2 aromatic carbocycles. The number of ketones is 1. The van der Waals surface area contributed by atoms with Crippen molar-refractivity contribution in [2.24, 2.45) is 0 Å². The Bertz CT molecular complexity index is 583. The van der Waals surface area contributed by atoms with E-state index in [2.05, 4.69) is 0 Å². The highest BCUT2D eigenvalue weighted by molar-refractivity contribution is 6.10. The molecule has 0 bridgehead atoms. The minimum absolute atomic E-state index is 0.121. The van der Waals surface area contributed by atoms with Gasteiger partial charge in [-0.25, -0.2) is 0 Å². The standard InChI is InChI=1S/C16H16O2/c1-11-9-10-15(18-11)16(17)14-8-4-6-12-5-2-3-7-13(12)14/h2-8,11,15H,9-10H2,1H3. The molecule has 1 aliphatic heterocycles. The van der Waals surface area contributed by atoms with E-state index in [1.165, 1.54) is 0 Å². The lowest BCUT2D eigenvalue weighted by molar-refractivity contribution is 0.0435. The maximum absolute atomic E-state index is 12.5. The summed E-state index contributed by atoms with van der Waals surface area (Å²) in [6.45, 7) is 2.02. The number of hydrogen-bond acceptors (Lipinski definition) is 2. The molecule has 0 aromatic heterocycles. The fourth-order valence-corrected chi connectivity index (χ4v) is 2.61. The largest absolute Gasteiger partial charge is 0.367 e. The van der Waals surface area contributed by atoms with Gasteiger partial charge in [0.05, 0.1) is 6.10 Å². The fourth-order valence-electron chi connectivity index (χ4n) is 2.61. The Morgan fingerprint density at radius 2 is 1.89 bits per heavy atom. The first kappa shape index (κ1) is 11.4. The Kier molecular flexibility index (Phi) is 2.88. The first-order chi connectivity index (χ1) is 8.75. The third kappa shape index (κ3) is 1.93. The van der Waals surface area contributed by atoms with Crippen LogP contribution in [0.3, 0.4) is 0 Å². The van der Waals surface area contributed by atoms with Crippen LogP contribution in [0.4, 0.5) is 0 Å². The summed E-state index contributed by atoms with van der Waals surface area (Å²) in [5, 5.41) is 2.13. The Labute approximate surface area is 107 Å². The molecular formula is C16H16O2. The van der Waals surface area contributed by atoms with E-state index >= 15 is 0 Å². The van der Waals surface area contributed by atoms with Gasteiger partial charge in [0.25, 0.3) is 0 Å². The highest BCUT2D eigenvalue weighted by atomic mass is 16.5. The summed E-state index contributed by atoms with van der Waals surface area (Å²) >= 11 is 0. The van der Waals surface area contributed by atoms with Crippen LogP contribution in [0.25, 0.3) is 10.8 Å². The number of benzene rings is 2. The minimum Gasteiger partial charge on any atom is -0.367 e. The summed E-state index contributed by atoms with van der Waals surface area (Å²) in [4.78, 5) is 12.5. The SMILES string of the molecule is CC1CCC(C(=O)c2cccc3ccccc23)O1. The number of carbonyl (C=O) groups is 1. The van der Waals surface area contributed by atoms with Crippen molar-refractivity contribution in [1.82, 2.24) is 0 Å². The van der Waals surface area contributed by atoms with Crippen molar-refractivity contribution < 1.29 is 9.53 Å². The average molecular weight is 240 g/mol. The summed E-state index contributed by atoms with van der Waals surface area (Å²) in [5.41, 5.74) is 0.784. The van der Waals surface area contributed by atoms with Crippen LogP contribution in [0.15, 0.2) is 42.5 Å². The van der Waals surface area contributed by atoms with E-state index in [9.17, 15) is 4.79 Å². The zero-order valence-electron chi connectivity index (χ0n) is 10.4. The van der Waals surface area contributed by atoms with Crippen molar-refractivity contribution >= 4 is 16.6 Å². The Balaban J connectivity index is 2.01. The summed E-state index contributed by atoms with van der Waals surface area (Å²) in [7, 11) is 0. The molecule has 3 rings (SSSR count). The van der Waals surface area contributed by atoms with E-state index < -0.39 is 0 Å². The minimum atomic E-state index is -0.259. The van der Waals surface area contributed by atoms with Crippen LogP contribution >= 0.6 is 0 Å². The third-order valence-electron chi connectivity index (χ3n) is 3.58. The second-order valence-corrected chi connectivity index (χ2v) is 4.90. The molecule has 0 saturated carbocycles. The van der Waals surface area contributed by atoms with Gasteiger partial charge in [-0.2, -0.15) is 0 Å². The van der Waals surface area contributed by atoms with Gasteiger partial charge in [0.15, 0.2) is 5.78 Å². The molecule has 1 saturated heterocycles. The Morgan fingerprint density at radius 3 is 2.67 bits per heavy atom. The molecule has 1 aliphatic rings. The number of rotatable bonds is 2.